The van der Waals surface area contributed by atoms with Crippen LogP contribution in [0.15, 0.2) is 6.20 Å². The number of aromatic nitrogens is 4. The zero-order valence-electron chi connectivity index (χ0n) is 13.8. The Labute approximate surface area is 133 Å². The van der Waals surface area contributed by atoms with E-state index >= 15 is 0 Å². The highest BCUT2D eigenvalue weighted by molar-refractivity contribution is 5.76. The summed E-state index contributed by atoms with van der Waals surface area (Å²) in [4.78, 5) is 22.7. The third-order valence-electron chi connectivity index (χ3n) is 3.71. The number of hydrogen-bond donors (Lipinski definition) is 1. The highest BCUT2D eigenvalue weighted by Gasteiger charge is 2.23. The van der Waals surface area contributed by atoms with E-state index in [4.69, 9.17) is 0 Å². The van der Waals surface area contributed by atoms with Gasteiger partial charge in [-0.2, -0.15) is 10.2 Å². The lowest BCUT2D eigenvalue weighted by molar-refractivity contribution is -0.386. The van der Waals surface area contributed by atoms with Crippen LogP contribution in [0.5, 0.6) is 0 Å². The largest absolute Gasteiger partial charge is 0.348 e. The van der Waals surface area contributed by atoms with Gasteiger partial charge in [0.05, 0.1) is 16.7 Å². The molecule has 0 saturated carbocycles. The summed E-state index contributed by atoms with van der Waals surface area (Å²) >= 11 is 0. The van der Waals surface area contributed by atoms with E-state index in [1.54, 1.807) is 18.5 Å². The predicted octanol–water partition coefficient (Wildman–Crippen LogP) is 1.33. The van der Waals surface area contributed by atoms with Crippen molar-refractivity contribution in [2.45, 2.75) is 40.3 Å². The predicted molar refractivity (Wildman–Crippen MR) is 82.9 cm³/mol. The molecule has 0 saturated heterocycles. The number of nitrogens with zero attached hydrogens (tertiary/aromatic N) is 5. The molecule has 9 heteroatoms. The van der Waals surface area contributed by atoms with Crippen LogP contribution in [0.3, 0.4) is 0 Å². The molecule has 0 radical (unpaired) electrons. The van der Waals surface area contributed by atoms with Gasteiger partial charge in [-0.25, -0.2) is 0 Å². The number of nitrogens with one attached hydrogen (secondary N) is 1. The molecule has 0 bridgehead atoms. The summed E-state index contributed by atoms with van der Waals surface area (Å²) in [6.07, 6.45) is 1.86. The summed E-state index contributed by atoms with van der Waals surface area (Å²) in [5, 5.41) is 22.2. The molecule has 0 aliphatic heterocycles. The number of aryl methyl sites for hydroxylation is 3. The molecule has 0 aliphatic rings. The molecule has 2 aromatic rings. The van der Waals surface area contributed by atoms with Gasteiger partial charge in [0.15, 0.2) is 0 Å². The summed E-state index contributed by atoms with van der Waals surface area (Å²) in [5.41, 5.74) is 2.40. The van der Waals surface area contributed by atoms with Crippen LogP contribution in [0.1, 0.15) is 35.6 Å². The van der Waals surface area contributed by atoms with Gasteiger partial charge in [0.2, 0.25) is 5.91 Å². The van der Waals surface area contributed by atoms with Crippen molar-refractivity contribution >= 4 is 11.6 Å². The Morgan fingerprint density at radius 3 is 2.48 bits per heavy atom. The van der Waals surface area contributed by atoms with Crippen LogP contribution in [0.4, 0.5) is 5.69 Å². The zero-order valence-corrected chi connectivity index (χ0v) is 13.8. The molecule has 124 valence electrons. The molecule has 9 nitrogen and oxygen atoms in total. The lowest BCUT2D eigenvalue weighted by Gasteiger charge is -2.13. The van der Waals surface area contributed by atoms with Crippen molar-refractivity contribution in [2.24, 2.45) is 7.05 Å². The van der Waals surface area contributed by atoms with Gasteiger partial charge in [-0.3, -0.25) is 24.3 Å². The molecule has 0 aromatic carbocycles. The Bertz CT molecular complexity index is 761. The Morgan fingerprint density at radius 1 is 1.35 bits per heavy atom. The van der Waals surface area contributed by atoms with Crippen molar-refractivity contribution in [3.8, 4) is 0 Å². The maximum Gasteiger partial charge on any atom is 0.312 e. The number of nitro groups is 1. The van der Waals surface area contributed by atoms with E-state index < -0.39 is 4.92 Å². The van der Waals surface area contributed by atoms with Crippen molar-refractivity contribution in [2.75, 3.05) is 0 Å². The average Bonchev–Trinajstić information content (AvgIpc) is 2.89. The Hall–Kier alpha value is -2.71. The van der Waals surface area contributed by atoms with Crippen molar-refractivity contribution in [3.63, 3.8) is 0 Å². The highest BCUT2D eigenvalue weighted by Crippen LogP contribution is 2.21. The van der Waals surface area contributed by atoms with Crippen molar-refractivity contribution in [3.05, 3.63) is 39.0 Å². The number of rotatable bonds is 5. The maximum absolute atomic E-state index is 12.2. The molecule has 1 N–H and O–H groups in total. The first-order chi connectivity index (χ1) is 10.7. The topological polar surface area (TPSA) is 108 Å². The molecule has 23 heavy (non-hydrogen) atoms. The van der Waals surface area contributed by atoms with Gasteiger partial charge < -0.3 is 5.32 Å². The maximum atomic E-state index is 12.2. The zero-order chi connectivity index (χ0) is 17.3. The van der Waals surface area contributed by atoms with Crippen molar-refractivity contribution in [1.29, 1.82) is 0 Å². The number of carbonyl (C=O) groups excluding carboxylic acids is 1. The Morgan fingerprint density at radius 2 is 2.00 bits per heavy atom. The van der Waals surface area contributed by atoms with Crippen LogP contribution >= 0.6 is 0 Å². The Kier molecular flexibility index (Phi) is 4.48. The summed E-state index contributed by atoms with van der Waals surface area (Å²) < 4.78 is 3.04. The molecule has 0 spiro atoms. The molecule has 0 aliphatic carbocycles. The minimum atomic E-state index is -0.478. The Balaban J connectivity index is 2.10. The molecule has 1 amide bonds. The molecule has 2 heterocycles. The van der Waals surface area contributed by atoms with E-state index in [0.717, 1.165) is 11.3 Å². The summed E-state index contributed by atoms with van der Waals surface area (Å²) in [6.45, 7) is 6.82. The molecule has 2 aromatic heterocycles. The van der Waals surface area contributed by atoms with Gasteiger partial charge in [-0.15, -0.1) is 0 Å². The van der Waals surface area contributed by atoms with Crippen molar-refractivity contribution in [1.82, 2.24) is 24.9 Å². The fraction of sp³-hybridized carbons (Fsp3) is 0.500. The fourth-order valence-corrected chi connectivity index (χ4v) is 2.65. The van der Waals surface area contributed by atoms with Gasteiger partial charge in [0.25, 0.3) is 0 Å². The smallest absolute Gasteiger partial charge is 0.312 e. The second-order valence-corrected chi connectivity index (χ2v) is 5.57. The second-order valence-electron chi connectivity index (χ2n) is 5.57. The van der Waals surface area contributed by atoms with Gasteiger partial charge in [-0.05, 0) is 27.7 Å². The first-order valence-electron chi connectivity index (χ1n) is 7.18. The van der Waals surface area contributed by atoms with Gasteiger partial charge in [0, 0.05) is 18.8 Å². The standard InChI is InChI=1S/C14H20N6O3/c1-8(12-6-18(5)16-9(12)2)15-13(21)7-19-11(4)14(20(22)23)10(3)17-19/h6,8H,7H2,1-5H3,(H,15,21). The normalized spacial score (nSPS) is 12.2. The lowest BCUT2D eigenvalue weighted by Crippen LogP contribution is -2.31. The van der Waals surface area contributed by atoms with E-state index in [0.29, 0.717) is 11.4 Å². The van der Waals surface area contributed by atoms with E-state index in [-0.39, 0.29) is 24.2 Å². The van der Waals surface area contributed by atoms with E-state index in [9.17, 15) is 14.9 Å². The summed E-state index contributed by atoms with van der Waals surface area (Å²) in [6, 6.07) is -0.205. The highest BCUT2D eigenvalue weighted by atomic mass is 16.6. The third-order valence-corrected chi connectivity index (χ3v) is 3.71. The quantitative estimate of drug-likeness (QED) is 0.660. The van der Waals surface area contributed by atoms with Crippen LogP contribution in [-0.4, -0.2) is 30.4 Å². The van der Waals surface area contributed by atoms with Crippen molar-refractivity contribution < 1.29 is 9.72 Å². The first-order valence-corrected chi connectivity index (χ1v) is 7.18. The molecular weight excluding hydrogens is 300 g/mol. The first kappa shape index (κ1) is 16.7. The fourth-order valence-electron chi connectivity index (χ4n) is 2.65. The SMILES string of the molecule is Cc1nn(C)cc1C(C)NC(=O)Cn1nc(C)c([N+](=O)[O-])c1C. The molecule has 2 rings (SSSR count). The van der Waals surface area contributed by atoms with Crippen LogP contribution in [0.25, 0.3) is 0 Å². The van der Waals surface area contributed by atoms with Crippen LogP contribution in [0, 0.1) is 30.9 Å². The van der Waals surface area contributed by atoms with Gasteiger partial charge in [-0.1, -0.05) is 0 Å². The minimum absolute atomic E-state index is 0.0473. The van der Waals surface area contributed by atoms with Gasteiger partial charge >= 0.3 is 5.69 Å². The lowest BCUT2D eigenvalue weighted by atomic mass is 10.1. The van der Waals surface area contributed by atoms with E-state index in [1.807, 2.05) is 27.1 Å². The van der Waals surface area contributed by atoms with E-state index in [1.165, 1.54) is 4.68 Å². The molecule has 1 unspecified atom stereocenters. The summed E-state index contributed by atoms with van der Waals surface area (Å²) in [5.74, 6) is -0.263. The monoisotopic (exact) mass is 320 g/mol. The second kappa shape index (κ2) is 6.19. The number of amides is 1. The summed E-state index contributed by atoms with van der Waals surface area (Å²) in [7, 11) is 1.82. The third kappa shape index (κ3) is 3.38. The van der Waals surface area contributed by atoms with Crippen LogP contribution < -0.4 is 5.32 Å². The number of hydrogen-bond acceptors (Lipinski definition) is 5. The van der Waals surface area contributed by atoms with Crippen LogP contribution in [-0.2, 0) is 18.4 Å². The molecule has 1 atom stereocenters. The van der Waals surface area contributed by atoms with Crippen LogP contribution in [0.2, 0.25) is 0 Å². The molecule has 0 fully saturated rings. The number of carbonyl (C=O) groups is 1. The van der Waals surface area contributed by atoms with E-state index in [2.05, 4.69) is 15.5 Å². The minimum Gasteiger partial charge on any atom is -0.348 e. The van der Waals surface area contributed by atoms with Gasteiger partial charge in [0.1, 0.15) is 17.9 Å². The average molecular weight is 320 g/mol. The molecular formula is C14H20N6O3.